The van der Waals surface area contributed by atoms with Gasteiger partial charge in [-0.25, -0.2) is 0 Å². The van der Waals surface area contributed by atoms with Crippen LogP contribution in [-0.2, 0) is 6.42 Å². The van der Waals surface area contributed by atoms with Crippen LogP contribution >= 0.6 is 0 Å². The molecule has 0 atom stereocenters. The van der Waals surface area contributed by atoms with Crippen molar-refractivity contribution < 1.29 is 19.8 Å². The van der Waals surface area contributed by atoms with Crippen molar-refractivity contribution in [3.05, 3.63) is 58.1 Å². The Morgan fingerprint density at radius 3 is 2.25 bits per heavy atom. The lowest BCUT2D eigenvalue weighted by molar-refractivity contribution is 0.111. The van der Waals surface area contributed by atoms with Crippen LogP contribution in [0.3, 0.4) is 0 Å². The van der Waals surface area contributed by atoms with Crippen molar-refractivity contribution in [2.45, 2.75) is 13.3 Å². The predicted octanol–water partition coefficient (Wildman–Crippen LogP) is 2.62. The van der Waals surface area contributed by atoms with E-state index >= 15 is 0 Å². The van der Waals surface area contributed by atoms with Gasteiger partial charge in [-0.15, -0.1) is 0 Å². The van der Waals surface area contributed by atoms with Gasteiger partial charge in [-0.2, -0.15) is 0 Å². The van der Waals surface area contributed by atoms with Crippen LogP contribution in [0.25, 0.3) is 0 Å². The van der Waals surface area contributed by atoms with Gasteiger partial charge in [0, 0.05) is 5.56 Å². The lowest BCUT2D eigenvalue weighted by atomic mass is 9.94. The summed E-state index contributed by atoms with van der Waals surface area (Å²) in [7, 11) is 0. The Kier molecular flexibility index (Phi) is 3.84. The Balaban J connectivity index is 2.54. The molecule has 0 saturated carbocycles. The number of aromatic hydroxyl groups is 2. The summed E-state index contributed by atoms with van der Waals surface area (Å²) >= 11 is 0. The smallest absolute Gasteiger partial charge is 0.168 e. The molecule has 0 saturated heterocycles. The molecular weight excluding hydrogens is 256 g/mol. The molecule has 0 fully saturated rings. The van der Waals surface area contributed by atoms with Gasteiger partial charge in [-0.05, 0) is 30.5 Å². The summed E-state index contributed by atoms with van der Waals surface area (Å²) < 4.78 is 0. The highest BCUT2D eigenvalue weighted by molar-refractivity contribution is 5.90. The molecule has 0 amide bonds. The number of phenols is 2. The van der Waals surface area contributed by atoms with Crippen LogP contribution in [0.5, 0.6) is 11.5 Å². The number of carbonyl (C=O) groups excluding carboxylic acids is 2. The van der Waals surface area contributed by atoms with E-state index in [1.165, 1.54) is 6.07 Å². The molecule has 2 N–H and O–H groups in total. The first-order valence-electron chi connectivity index (χ1n) is 6.10. The molecule has 0 bridgehead atoms. The molecule has 0 aliphatic carbocycles. The number of aldehydes is 2. The number of aryl methyl sites for hydroxylation is 1. The van der Waals surface area contributed by atoms with Gasteiger partial charge in [0.05, 0.1) is 5.56 Å². The number of hydrogen-bond acceptors (Lipinski definition) is 4. The van der Waals surface area contributed by atoms with E-state index in [0.717, 1.165) is 11.1 Å². The van der Waals surface area contributed by atoms with E-state index in [2.05, 4.69) is 0 Å². The summed E-state index contributed by atoms with van der Waals surface area (Å²) in [5, 5.41) is 19.2. The molecule has 0 aliphatic heterocycles. The molecule has 2 rings (SSSR count). The highest BCUT2D eigenvalue weighted by atomic mass is 16.3. The van der Waals surface area contributed by atoms with Crippen molar-refractivity contribution in [3.8, 4) is 11.5 Å². The zero-order valence-electron chi connectivity index (χ0n) is 11.0. The summed E-state index contributed by atoms with van der Waals surface area (Å²) in [4.78, 5) is 22.2. The third kappa shape index (κ3) is 2.54. The van der Waals surface area contributed by atoms with Crippen LogP contribution in [0, 0.1) is 6.92 Å². The molecule has 0 unspecified atom stereocenters. The zero-order chi connectivity index (χ0) is 14.7. The molecule has 0 aromatic heterocycles. The van der Waals surface area contributed by atoms with Crippen molar-refractivity contribution in [1.29, 1.82) is 0 Å². The monoisotopic (exact) mass is 270 g/mol. The number of rotatable bonds is 4. The molecule has 2 aromatic rings. The average Bonchev–Trinajstić information content (AvgIpc) is 2.45. The zero-order valence-corrected chi connectivity index (χ0v) is 11.0. The normalized spacial score (nSPS) is 10.2. The Bertz CT molecular complexity index is 657. The maximum Gasteiger partial charge on any atom is 0.168 e. The maximum atomic E-state index is 11.1. The lowest BCUT2D eigenvalue weighted by Crippen LogP contribution is -2.01. The number of benzene rings is 2. The third-order valence-electron chi connectivity index (χ3n) is 3.21. The minimum Gasteiger partial charge on any atom is -0.504 e. The quantitative estimate of drug-likeness (QED) is 0.661. The number of carbonyl (C=O) groups is 2. The second-order valence-electron chi connectivity index (χ2n) is 4.62. The fourth-order valence-corrected chi connectivity index (χ4v) is 2.08. The van der Waals surface area contributed by atoms with Gasteiger partial charge in [0.15, 0.2) is 24.1 Å². The van der Waals surface area contributed by atoms with Gasteiger partial charge in [-0.3, -0.25) is 9.59 Å². The largest absolute Gasteiger partial charge is 0.504 e. The van der Waals surface area contributed by atoms with Crippen molar-refractivity contribution in [1.82, 2.24) is 0 Å². The van der Waals surface area contributed by atoms with Crippen LogP contribution in [-0.4, -0.2) is 22.8 Å². The van der Waals surface area contributed by atoms with E-state index in [1.807, 2.05) is 31.2 Å². The van der Waals surface area contributed by atoms with E-state index < -0.39 is 11.5 Å². The molecule has 2 aromatic carbocycles. The van der Waals surface area contributed by atoms with E-state index in [1.54, 1.807) is 0 Å². The number of hydrogen-bond donors (Lipinski definition) is 2. The molecule has 0 spiro atoms. The predicted molar refractivity (Wildman–Crippen MR) is 74.5 cm³/mol. The summed E-state index contributed by atoms with van der Waals surface area (Å²) in [6.07, 6.45) is 1.34. The topological polar surface area (TPSA) is 74.6 Å². The van der Waals surface area contributed by atoms with Crippen molar-refractivity contribution in [3.63, 3.8) is 0 Å². The fraction of sp³-hybridized carbons (Fsp3) is 0.125. The highest BCUT2D eigenvalue weighted by Gasteiger charge is 2.17. The Morgan fingerprint density at radius 1 is 1.05 bits per heavy atom. The van der Waals surface area contributed by atoms with Gasteiger partial charge in [0.25, 0.3) is 0 Å². The molecule has 0 aliphatic rings. The Morgan fingerprint density at radius 2 is 1.70 bits per heavy atom. The van der Waals surface area contributed by atoms with Crippen LogP contribution < -0.4 is 0 Å². The lowest BCUT2D eigenvalue weighted by Gasteiger charge is -2.11. The van der Waals surface area contributed by atoms with Gasteiger partial charge in [-0.1, -0.05) is 29.8 Å². The molecule has 20 heavy (non-hydrogen) atoms. The molecule has 0 radical (unpaired) electrons. The van der Waals surface area contributed by atoms with Crippen LogP contribution in [0.2, 0.25) is 0 Å². The molecule has 0 heterocycles. The second-order valence-corrected chi connectivity index (χ2v) is 4.62. The number of phenolic OH excluding ortho intramolecular Hbond substituents is 2. The van der Waals surface area contributed by atoms with Crippen LogP contribution in [0.15, 0.2) is 30.3 Å². The van der Waals surface area contributed by atoms with E-state index in [4.69, 9.17) is 0 Å². The van der Waals surface area contributed by atoms with E-state index in [9.17, 15) is 19.8 Å². The highest BCUT2D eigenvalue weighted by Crippen LogP contribution is 2.33. The maximum absolute atomic E-state index is 11.1. The second kappa shape index (κ2) is 5.57. The van der Waals surface area contributed by atoms with Gasteiger partial charge in [0.2, 0.25) is 0 Å². The van der Waals surface area contributed by atoms with Crippen LogP contribution in [0.4, 0.5) is 0 Å². The first-order chi connectivity index (χ1) is 9.56. The average molecular weight is 270 g/mol. The summed E-state index contributed by atoms with van der Waals surface area (Å²) in [6, 6.07) is 8.80. The molecule has 102 valence electrons. The summed E-state index contributed by atoms with van der Waals surface area (Å²) in [5.41, 5.74) is 2.57. The van der Waals surface area contributed by atoms with Crippen molar-refractivity contribution in [2.75, 3.05) is 0 Å². The van der Waals surface area contributed by atoms with Crippen LogP contribution in [0.1, 0.15) is 37.4 Å². The minimum atomic E-state index is -0.493. The van der Waals surface area contributed by atoms with Gasteiger partial charge >= 0.3 is 0 Å². The summed E-state index contributed by atoms with van der Waals surface area (Å²) in [6.45, 7) is 1.96. The SMILES string of the molecule is Cc1ccc(Cc2c(C=O)cc(O)c(O)c2C=O)cc1. The van der Waals surface area contributed by atoms with Crippen molar-refractivity contribution in [2.24, 2.45) is 0 Å². The molecule has 4 heteroatoms. The van der Waals surface area contributed by atoms with Crippen molar-refractivity contribution >= 4 is 12.6 Å². The standard InChI is InChI=1S/C16H14O4/c1-10-2-4-11(5-3-10)6-13-12(8-17)7-15(19)16(20)14(13)9-18/h2-5,7-9,19-20H,6H2,1H3. The van der Waals surface area contributed by atoms with E-state index in [-0.39, 0.29) is 11.1 Å². The van der Waals surface area contributed by atoms with E-state index in [0.29, 0.717) is 24.6 Å². The van der Waals surface area contributed by atoms with Gasteiger partial charge in [0.1, 0.15) is 0 Å². The summed E-state index contributed by atoms with van der Waals surface area (Å²) in [5.74, 6) is -0.963. The Labute approximate surface area is 116 Å². The Hall–Kier alpha value is -2.62. The third-order valence-corrected chi connectivity index (χ3v) is 3.21. The van der Waals surface area contributed by atoms with Gasteiger partial charge < -0.3 is 10.2 Å². The molecule has 4 nitrogen and oxygen atoms in total. The molecular formula is C16H14O4. The fourth-order valence-electron chi connectivity index (χ4n) is 2.08. The first kappa shape index (κ1) is 13.8. The minimum absolute atomic E-state index is 0.0484. The first-order valence-corrected chi connectivity index (χ1v) is 6.10.